The molecule has 6 heteroatoms. The van der Waals surface area contributed by atoms with Gasteiger partial charge in [0.15, 0.2) is 0 Å². The van der Waals surface area contributed by atoms with E-state index in [0.29, 0.717) is 25.1 Å². The van der Waals surface area contributed by atoms with Crippen molar-refractivity contribution in [1.82, 2.24) is 5.32 Å². The lowest BCUT2D eigenvalue weighted by molar-refractivity contribution is 0.0520. The molecule has 1 aliphatic carbocycles. The van der Waals surface area contributed by atoms with Gasteiger partial charge >= 0.3 is 6.09 Å². The summed E-state index contributed by atoms with van der Waals surface area (Å²) in [7, 11) is 0. The summed E-state index contributed by atoms with van der Waals surface area (Å²) in [6.07, 6.45) is 3.15. The highest BCUT2D eigenvalue weighted by Gasteiger charge is 2.25. The molecule has 2 atom stereocenters. The molecule has 1 aliphatic rings. The molecule has 1 aromatic carbocycles. The molecule has 1 saturated carbocycles. The van der Waals surface area contributed by atoms with Crippen molar-refractivity contribution in [2.45, 2.75) is 51.7 Å². The number of nitrogens with two attached hydrogens (primary N) is 1. The van der Waals surface area contributed by atoms with Crippen LogP contribution < -0.4 is 21.1 Å². The van der Waals surface area contributed by atoms with Crippen molar-refractivity contribution in [3.05, 3.63) is 24.3 Å². The van der Waals surface area contributed by atoms with Crippen LogP contribution in [0.4, 0.5) is 10.5 Å². The van der Waals surface area contributed by atoms with Gasteiger partial charge in [-0.05, 0) is 58.2 Å². The van der Waals surface area contributed by atoms with E-state index >= 15 is 0 Å². The average Bonchev–Trinajstić information content (AvgIpc) is 2.97. The van der Waals surface area contributed by atoms with E-state index in [0.717, 1.165) is 24.4 Å². The molecule has 1 aromatic rings. The Bertz CT molecular complexity index is 557. The number of amides is 1. The normalized spacial score (nSPS) is 20.2. The molecular weight excluding hydrogens is 318 g/mol. The molecule has 0 heterocycles. The number of alkyl carbamates (subject to hydrolysis) is 1. The second-order valence-corrected chi connectivity index (χ2v) is 7.48. The van der Waals surface area contributed by atoms with E-state index in [-0.39, 0.29) is 0 Å². The molecule has 0 saturated heterocycles. The average molecular weight is 349 g/mol. The fraction of sp³-hybridized carbons (Fsp3) is 0.632. The summed E-state index contributed by atoms with van der Waals surface area (Å²) in [6, 6.07) is 8.34. The number of ether oxygens (including phenoxy) is 2. The maximum atomic E-state index is 11.6. The van der Waals surface area contributed by atoms with Gasteiger partial charge in [-0.2, -0.15) is 0 Å². The van der Waals surface area contributed by atoms with Gasteiger partial charge < -0.3 is 25.8 Å². The highest BCUT2D eigenvalue weighted by molar-refractivity contribution is 5.67. The van der Waals surface area contributed by atoms with E-state index in [9.17, 15) is 4.79 Å². The first-order valence-electron chi connectivity index (χ1n) is 9.04. The summed E-state index contributed by atoms with van der Waals surface area (Å²) < 4.78 is 10.9. The van der Waals surface area contributed by atoms with Gasteiger partial charge in [0.05, 0.1) is 6.54 Å². The summed E-state index contributed by atoms with van der Waals surface area (Å²) >= 11 is 0. The smallest absolute Gasteiger partial charge is 0.407 e. The Kier molecular flexibility index (Phi) is 6.93. The molecule has 1 fully saturated rings. The molecule has 0 radical (unpaired) electrons. The predicted octanol–water partition coefficient (Wildman–Crippen LogP) is 3.13. The Balaban J connectivity index is 1.75. The second-order valence-electron chi connectivity index (χ2n) is 7.48. The minimum atomic E-state index is -0.493. The summed E-state index contributed by atoms with van der Waals surface area (Å²) in [5, 5.41) is 6.25. The molecule has 140 valence electrons. The van der Waals surface area contributed by atoms with E-state index < -0.39 is 11.7 Å². The molecular formula is C19H31N3O3. The zero-order valence-corrected chi connectivity index (χ0v) is 15.5. The van der Waals surface area contributed by atoms with Gasteiger partial charge in [-0.1, -0.05) is 12.5 Å². The van der Waals surface area contributed by atoms with Crippen molar-refractivity contribution >= 4 is 11.8 Å². The summed E-state index contributed by atoms with van der Waals surface area (Å²) in [5.74, 6) is 1.32. The maximum absolute atomic E-state index is 11.6. The van der Waals surface area contributed by atoms with E-state index in [2.05, 4.69) is 10.6 Å². The van der Waals surface area contributed by atoms with Crippen LogP contribution in [0.5, 0.6) is 5.75 Å². The van der Waals surface area contributed by atoms with E-state index in [1.807, 2.05) is 45.0 Å². The van der Waals surface area contributed by atoms with Crippen LogP contribution >= 0.6 is 0 Å². The topological polar surface area (TPSA) is 85.6 Å². The van der Waals surface area contributed by atoms with Crippen LogP contribution in [0.3, 0.4) is 0 Å². The molecule has 2 rings (SSSR count). The molecule has 0 bridgehead atoms. The lowest BCUT2D eigenvalue weighted by Gasteiger charge is -2.21. The Labute approximate surface area is 150 Å². The first-order chi connectivity index (χ1) is 11.9. The van der Waals surface area contributed by atoms with Crippen LogP contribution in [0, 0.1) is 5.92 Å². The third-order valence-electron chi connectivity index (χ3n) is 4.19. The molecule has 0 aliphatic heterocycles. The number of anilines is 1. The van der Waals surface area contributed by atoms with E-state index in [4.69, 9.17) is 15.2 Å². The number of hydrogen-bond donors (Lipinski definition) is 3. The monoisotopic (exact) mass is 349 g/mol. The minimum absolute atomic E-state index is 0.386. The molecule has 6 nitrogen and oxygen atoms in total. The minimum Gasteiger partial charge on any atom is -0.492 e. The Morgan fingerprint density at radius 3 is 2.84 bits per heavy atom. The number of nitrogens with one attached hydrogen (secondary N) is 2. The Morgan fingerprint density at radius 1 is 1.32 bits per heavy atom. The molecule has 4 N–H and O–H groups in total. The van der Waals surface area contributed by atoms with Gasteiger partial charge in [0.2, 0.25) is 0 Å². The predicted molar refractivity (Wildman–Crippen MR) is 100.0 cm³/mol. The van der Waals surface area contributed by atoms with Crippen molar-refractivity contribution in [3.63, 3.8) is 0 Å². The summed E-state index contributed by atoms with van der Waals surface area (Å²) in [5.41, 5.74) is 6.39. The molecule has 25 heavy (non-hydrogen) atoms. The number of benzene rings is 1. The molecule has 0 spiro atoms. The number of carbonyl (C=O) groups excluding carboxylic acids is 1. The number of hydrogen-bond acceptors (Lipinski definition) is 5. The number of carbonyl (C=O) groups is 1. The van der Waals surface area contributed by atoms with Crippen molar-refractivity contribution in [2.24, 2.45) is 11.7 Å². The fourth-order valence-corrected chi connectivity index (χ4v) is 3.03. The summed E-state index contributed by atoms with van der Waals surface area (Å²) in [4.78, 5) is 11.6. The van der Waals surface area contributed by atoms with Crippen LogP contribution in [0.25, 0.3) is 0 Å². The van der Waals surface area contributed by atoms with Crippen molar-refractivity contribution < 1.29 is 14.3 Å². The van der Waals surface area contributed by atoms with E-state index in [1.165, 1.54) is 12.8 Å². The first kappa shape index (κ1) is 19.4. The van der Waals surface area contributed by atoms with Crippen molar-refractivity contribution in [1.29, 1.82) is 0 Å². The summed E-state index contributed by atoms with van der Waals surface area (Å²) in [6.45, 7) is 7.01. The zero-order chi connectivity index (χ0) is 18.3. The van der Waals surface area contributed by atoms with Gasteiger partial charge in [-0.3, -0.25) is 0 Å². The van der Waals surface area contributed by atoms with Crippen LogP contribution in [-0.2, 0) is 4.74 Å². The standard InChI is InChI=1S/C19H31N3O3/c1-19(2,3)25-18(23)21-10-11-24-16-8-5-7-15(12-16)22-17-9-4-6-14(17)13-20/h5,7-8,12,14,17,22H,4,6,9-11,13,20H2,1-3H3,(H,21,23). The van der Waals surface area contributed by atoms with Gasteiger partial charge in [0, 0.05) is 17.8 Å². The second kappa shape index (κ2) is 8.94. The number of rotatable bonds is 7. The highest BCUT2D eigenvalue weighted by atomic mass is 16.6. The van der Waals surface area contributed by atoms with Gasteiger partial charge in [-0.25, -0.2) is 4.79 Å². The molecule has 0 aromatic heterocycles. The lowest BCUT2D eigenvalue weighted by Crippen LogP contribution is -2.34. The Morgan fingerprint density at radius 2 is 2.12 bits per heavy atom. The fourth-order valence-electron chi connectivity index (χ4n) is 3.03. The third-order valence-corrected chi connectivity index (χ3v) is 4.19. The maximum Gasteiger partial charge on any atom is 0.407 e. The SMILES string of the molecule is CC(C)(C)OC(=O)NCCOc1cccc(NC2CCCC2CN)c1. The van der Waals surface area contributed by atoms with Crippen LogP contribution in [0.15, 0.2) is 24.3 Å². The Hall–Kier alpha value is -1.95. The molecule has 2 unspecified atom stereocenters. The van der Waals surface area contributed by atoms with Crippen molar-refractivity contribution in [3.8, 4) is 5.75 Å². The quantitative estimate of drug-likeness (QED) is 0.659. The van der Waals surface area contributed by atoms with Crippen LogP contribution in [0.1, 0.15) is 40.0 Å². The van der Waals surface area contributed by atoms with Gasteiger partial charge in [0.25, 0.3) is 0 Å². The lowest BCUT2D eigenvalue weighted by atomic mass is 10.0. The molecule has 1 amide bonds. The van der Waals surface area contributed by atoms with Gasteiger partial charge in [0.1, 0.15) is 18.0 Å². The zero-order valence-electron chi connectivity index (χ0n) is 15.5. The van der Waals surface area contributed by atoms with Crippen LogP contribution in [-0.4, -0.2) is 37.4 Å². The van der Waals surface area contributed by atoms with Crippen molar-refractivity contribution in [2.75, 3.05) is 25.0 Å². The van der Waals surface area contributed by atoms with Crippen LogP contribution in [0.2, 0.25) is 0 Å². The highest BCUT2D eigenvalue weighted by Crippen LogP contribution is 2.28. The first-order valence-corrected chi connectivity index (χ1v) is 9.04. The third kappa shape index (κ3) is 6.82. The van der Waals surface area contributed by atoms with Gasteiger partial charge in [-0.15, -0.1) is 0 Å². The largest absolute Gasteiger partial charge is 0.492 e. The van der Waals surface area contributed by atoms with E-state index in [1.54, 1.807) is 0 Å².